The Morgan fingerprint density at radius 2 is 2.20 bits per heavy atom. The maximum Gasteiger partial charge on any atom is 0.127 e. The van der Waals surface area contributed by atoms with E-state index in [4.69, 9.17) is 9.47 Å². The van der Waals surface area contributed by atoms with Gasteiger partial charge in [0.25, 0.3) is 0 Å². The van der Waals surface area contributed by atoms with E-state index < -0.39 is 0 Å². The summed E-state index contributed by atoms with van der Waals surface area (Å²) in [6.07, 6.45) is 3.17. The van der Waals surface area contributed by atoms with E-state index in [9.17, 15) is 0 Å². The number of para-hydroxylation sites is 1. The van der Waals surface area contributed by atoms with Crippen LogP contribution in [0.25, 0.3) is 0 Å². The normalized spacial score (nSPS) is 18.8. The van der Waals surface area contributed by atoms with E-state index in [1.165, 1.54) is 11.1 Å². The first-order valence-corrected chi connectivity index (χ1v) is 7.69. The van der Waals surface area contributed by atoms with Crippen LogP contribution in [-0.2, 0) is 11.2 Å². The summed E-state index contributed by atoms with van der Waals surface area (Å²) < 4.78 is 11.8. The van der Waals surface area contributed by atoms with Crippen LogP contribution in [0.15, 0.2) is 18.2 Å². The fraction of sp³-hybridized carbons (Fsp3) is 0.647. The Morgan fingerprint density at radius 1 is 1.40 bits per heavy atom. The van der Waals surface area contributed by atoms with Crippen molar-refractivity contribution in [2.75, 3.05) is 20.3 Å². The second-order valence-corrected chi connectivity index (χ2v) is 5.65. The quantitative estimate of drug-likeness (QED) is 0.863. The van der Waals surface area contributed by atoms with Crippen LogP contribution in [0, 0.1) is 0 Å². The van der Waals surface area contributed by atoms with Crippen molar-refractivity contribution in [3.63, 3.8) is 0 Å². The minimum atomic E-state index is -0.230. The van der Waals surface area contributed by atoms with E-state index in [1.807, 2.05) is 0 Å². The zero-order valence-corrected chi connectivity index (χ0v) is 13.2. The van der Waals surface area contributed by atoms with Gasteiger partial charge in [-0.1, -0.05) is 32.0 Å². The van der Waals surface area contributed by atoms with Crippen molar-refractivity contribution in [3.8, 4) is 5.75 Å². The summed E-state index contributed by atoms with van der Waals surface area (Å²) in [6, 6.07) is 6.64. The third-order valence-electron chi connectivity index (χ3n) is 4.46. The number of nitrogens with one attached hydrogen (secondary N) is 1. The highest BCUT2D eigenvalue weighted by atomic mass is 16.5. The highest BCUT2D eigenvalue weighted by Gasteiger charge is 2.35. The van der Waals surface area contributed by atoms with Crippen molar-refractivity contribution in [3.05, 3.63) is 29.3 Å². The first-order valence-electron chi connectivity index (χ1n) is 7.69. The Bertz CT molecular complexity index is 441. The lowest BCUT2D eigenvalue weighted by Crippen LogP contribution is -2.43. The van der Waals surface area contributed by atoms with Gasteiger partial charge in [-0.15, -0.1) is 0 Å². The number of methoxy groups -OCH3 is 1. The van der Waals surface area contributed by atoms with Gasteiger partial charge in [-0.2, -0.15) is 0 Å². The summed E-state index contributed by atoms with van der Waals surface area (Å²) in [6.45, 7) is 8.20. The lowest BCUT2D eigenvalue weighted by Gasteiger charge is -2.38. The predicted molar refractivity (Wildman–Crippen MR) is 82.4 cm³/mol. The summed E-state index contributed by atoms with van der Waals surface area (Å²) in [5, 5.41) is 3.59. The van der Waals surface area contributed by atoms with Gasteiger partial charge in [0.05, 0.1) is 18.2 Å². The van der Waals surface area contributed by atoms with Crippen LogP contribution in [0.4, 0.5) is 0 Å². The minimum Gasteiger partial charge on any atom is -0.493 e. The molecule has 0 radical (unpaired) electrons. The molecule has 0 amide bonds. The first kappa shape index (κ1) is 15.3. The predicted octanol–water partition coefficient (Wildman–Crippen LogP) is 3.48. The molecule has 0 bridgehead atoms. The molecule has 112 valence electrons. The Hall–Kier alpha value is -1.06. The smallest absolute Gasteiger partial charge is 0.127 e. The molecule has 0 spiro atoms. The number of ether oxygens (including phenoxy) is 2. The van der Waals surface area contributed by atoms with Gasteiger partial charge in [0.1, 0.15) is 5.75 Å². The van der Waals surface area contributed by atoms with E-state index in [2.05, 4.69) is 44.3 Å². The molecule has 0 aromatic heterocycles. The highest BCUT2D eigenvalue weighted by Crippen LogP contribution is 2.39. The average Bonchev–Trinajstić information content (AvgIpc) is 2.51. The lowest BCUT2D eigenvalue weighted by molar-refractivity contribution is -0.0303. The van der Waals surface area contributed by atoms with Gasteiger partial charge in [0.15, 0.2) is 0 Å². The molecule has 0 saturated carbocycles. The topological polar surface area (TPSA) is 30.5 Å². The molecule has 0 aliphatic carbocycles. The monoisotopic (exact) mass is 277 g/mol. The van der Waals surface area contributed by atoms with Crippen molar-refractivity contribution < 1.29 is 9.47 Å². The van der Waals surface area contributed by atoms with Gasteiger partial charge >= 0.3 is 0 Å². The van der Waals surface area contributed by atoms with Crippen molar-refractivity contribution in [1.82, 2.24) is 5.32 Å². The summed E-state index contributed by atoms with van der Waals surface area (Å²) in [5.41, 5.74) is 2.33. The maximum absolute atomic E-state index is 5.97. The van der Waals surface area contributed by atoms with E-state index in [0.717, 1.165) is 38.2 Å². The molecule has 1 aromatic carbocycles. The number of hydrogen-bond acceptors (Lipinski definition) is 3. The molecular formula is C17H27NO2. The summed E-state index contributed by atoms with van der Waals surface area (Å²) in [7, 11) is 1.80. The fourth-order valence-corrected chi connectivity index (χ4v) is 2.97. The number of likely N-dealkylation sites (N-methyl/N-ethyl adjacent to an activating group) is 1. The van der Waals surface area contributed by atoms with Gasteiger partial charge in [-0.3, -0.25) is 0 Å². The van der Waals surface area contributed by atoms with Gasteiger partial charge in [-0.25, -0.2) is 0 Å². The maximum atomic E-state index is 5.97. The van der Waals surface area contributed by atoms with Gasteiger partial charge in [0.2, 0.25) is 0 Å². The molecule has 1 N–H and O–H groups in total. The van der Waals surface area contributed by atoms with Crippen molar-refractivity contribution >= 4 is 0 Å². The number of hydrogen-bond donors (Lipinski definition) is 1. The number of fused-ring (bicyclic) bond motifs is 1. The molecule has 3 nitrogen and oxygen atoms in total. The zero-order chi connectivity index (χ0) is 14.6. The van der Waals surface area contributed by atoms with Crippen molar-refractivity contribution in [1.29, 1.82) is 0 Å². The van der Waals surface area contributed by atoms with E-state index in [-0.39, 0.29) is 11.6 Å². The standard InChI is InChI=1S/C17H27NO2/c1-5-17(3,19-4)16(18-6-2)14-11-7-9-13-10-8-12-20-15(13)14/h7,9,11,16,18H,5-6,8,10,12H2,1-4H3. The molecule has 1 aliphatic rings. The van der Waals surface area contributed by atoms with Crippen LogP contribution >= 0.6 is 0 Å². The third kappa shape index (κ3) is 2.84. The van der Waals surface area contributed by atoms with Crippen LogP contribution < -0.4 is 10.1 Å². The summed E-state index contributed by atoms with van der Waals surface area (Å²) in [5.74, 6) is 1.07. The van der Waals surface area contributed by atoms with Crippen LogP contribution in [0.1, 0.15) is 50.8 Å². The summed E-state index contributed by atoms with van der Waals surface area (Å²) >= 11 is 0. The molecule has 2 atom stereocenters. The largest absolute Gasteiger partial charge is 0.493 e. The highest BCUT2D eigenvalue weighted by molar-refractivity contribution is 5.45. The van der Waals surface area contributed by atoms with Gasteiger partial charge in [0, 0.05) is 12.7 Å². The van der Waals surface area contributed by atoms with Gasteiger partial charge < -0.3 is 14.8 Å². The molecule has 0 fully saturated rings. The Morgan fingerprint density at radius 3 is 2.85 bits per heavy atom. The Labute approximate surface area is 122 Å². The fourth-order valence-electron chi connectivity index (χ4n) is 2.97. The molecule has 1 aromatic rings. The van der Waals surface area contributed by atoms with Crippen LogP contribution in [-0.4, -0.2) is 25.9 Å². The van der Waals surface area contributed by atoms with E-state index in [1.54, 1.807) is 7.11 Å². The first-order chi connectivity index (χ1) is 9.66. The van der Waals surface area contributed by atoms with Crippen LogP contribution in [0.2, 0.25) is 0 Å². The molecule has 1 heterocycles. The summed E-state index contributed by atoms with van der Waals surface area (Å²) in [4.78, 5) is 0. The second-order valence-electron chi connectivity index (χ2n) is 5.65. The molecule has 3 heteroatoms. The molecule has 2 rings (SSSR count). The average molecular weight is 277 g/mol. The molecule has 2 unspecified atom stereocenters. The van der Waals surface area contributed by atoms with E-state index >= 15 is 0 Å². The van der Waals surface area contributed by atoms with Crippen molar-refractivity contribution in [2.24, 2.45) is 0 Å². The molecular weight excluding hydrogens is 250 g/mol. The molecule has 1 aliphatic heterocycles. The van der Waals surface area contributed by atoms with Crippen LogP contribution in [0.3, 0.4) is 0 Å². The Balaban J connectivity index is 2.44. The number of rotatable bonds is 6. The zero-order valence-electron chi connectivity index (χ0n) is 13.2. The SMILES string of the molecule is CCNC(c1cccc2c1OCCC2)C(C)(CC)OC. The van der Waals surface area contributed by atoms with E-state index in [0.29, 0.717) is 0 Å². The molecule has 20 heavy (non-hydrogen) atoms. The number of aryl methyl sites for hydroxylation is 1. The Kier molecular flexibility index (Phi) is 5.06. The van der Waals surface area contributed by atoms with Crippen LogP contribution in [0.5, 0.6) is 5.75 Å². The second kappa shape index (κ2) is 6.59. The number of benzene rings is 1. The third-order valence-corrected chi connectivity index (χ3v) is 4.46. The van der Waals surface area contributed by atoms with Gasteiger partial charge in [-0.05, 0) is 38.3 Å². The molecule has 0 saturated heterocycles. The lowest BCUT2D eigenvalue weighted by atomic mass is 9.85. The van der Waals surface area contributed by atoms with Crippen molar-refractivity contribution in [2.45, 2.75) is 51.7 Å². The minimum absolute atomic E-state index is 0.149.